The molecule has 5 nitrogen and oxygen atoms in total. The first-order chi connectivity index (χ1) is 6.29. The second-order valence-corrected chi connectivity index (χ2v) is 2.69. The normalized spacial score (nSPS) is 10.2. The van der Waals surface area contributed by atoms with E-state index in [0.29, 0.717) is 5.69 Å². The summed E-state index contributed by atoms with van der Waals surface area (Å²) in [5.74, 6) is 0. The summed E-state index contributed by atoms with van der Waals surface area (Å²) in [4.78, 5) is 8.28. The Bertz CT molecular complexity index is 420. The second kappa shape index (κ2) is 2.85. The lowest BCUT2D eigenvalue weighted by atomic mass is 10.2. The Morgan fingerprint density at radius 1 is 1.31 bits per heavy atom. The third-order valence-corrected chi connectivity index (χ3v) is 1.79. The van der Waals surface area contributed by atoms with Gasteiger partial charge in [0.25, 0.3) is 0 Å². The molecule has 2 aromatic heterocycles. The molecule has 0 spiro atoms. The number of rotatable bonds is 1. The number of H-pyrrole nitrogens is 1. The largest absolute Gasteiger partial charge is 0.396 e. The number of nitrogens with zero attached hydrogens (tertiary/aromatic N) is 3. The van der Waals surface area contributed by atoms with E-state index in [1.807, 2.05) is 6.92 Å². The van der Waals surface area contributed by atoms with Gasteiger partial charge in [-0.1, -0.05) is 0 Å². The third kappa shape index (κ3) is 1.24. The van der Waals surface area contributed by atoms with Crippen LogP contribution in [0.1, 0.15) is 5.69 Å². The van der Waals surface area contributed by atoms with Crippen LogP contribution < -0.4 is 5.73 Å². The molecule has 2 aromatic rings. The van der Waals surface area contributed by atoms with Crippen LogP contribution in [0.3, 0.4) is 0 Å². The van der Waals surface area contributed by atoms with Gasteiger partial charge in [-0.3, -0.25) is 15.1 Å². The fourth-order valence-electron chi connectivity index (χ4n) is 1.14. The number of aromatic amines is 1. The number of nitrogen functional groups attached to an aromatic ring is 1. The minimum absolute atomic E-state index is 0.587. The van der Waals surface area contributed by atoms with Crippen molar-refractivity contribution < 1.29 is 0 Å². The number of hydrogen-bond donors (Lipinski definition) is 2. The van der Waals surface area contributed by atoms with E-state index in [4.69, 9.17) is 5.73 Å². The molecule has 0 aliphatic rings. The van der Waals surface area contributed by atoms with Crippen LogP contribution in [0.25, 0.3) is 11.4 Å². The summed E-state index contributed by atoms with van der Waals surface area (Å²) in [5, 5.41) is 6.61. The number of anilines is 1. The summed E-state index contributed by atoms with van der Waals surface area (Å²) in [5.41, 5.74) is 8.57. The zero-order chi connectivity index (χ0) is 9.26. The summed E-state index contributed by atoms with van der Waals surface area (Å²) in [7, 11) is 0. The number of aromatic nitrogens is 4. The summed E-state index contributed by atoms with van der Waals surface area (Å²) >= 11 is 0. The zero-order valence-electron chi connectivity index (χ0n) is 7.15. The van der Waals surface area contributed by atoms with Crippen LogP contribution in [-0.2, 0) is 0 Å². The Balaban J connectivity index is 2.59. The molecule has 2 rings (SSSR count). The van der Waals surface area contributed by atoms with Crippen molar-refractivity contribution in [3.63, 3.8) is 0 Å². The number of hydrogen-bond acceptors (Lipinski definition) is 4. The predicted molar refractivity (Wildman–Crippen MR) is 48.8 cm³/mol. The molecule has 0 aromatic carbocycles. The molecule has 0 aliphatic carbocycles. The van der Waals surface area contributed by atoms with Gasteiger partial charge in [0, 0.05) is 12.4 Å². The minimum atomic E-state index is 0.587. The van der Waals surface area contributed by atoms with Gasteiger partial charge in [0.05, 0.1) is 17.6 Å². The molecule has 5 heteroatoms. The topological polar surface area (TPSA) is 80.5 Å². The van der Waals surface area contributed by atoms with Crippen molar-refractivity contribution in [3.8, 4) is 11.4 Å². The summed E-state index contributed by atoms with van der Waals surface area (Å²) in [6.45, 7) is 1.88. The maximum absolute atomic E-state index is 5.68. The third-order valence-electron chi connectivity index (χ3n) is 1.79. The van der Waals surface area contributed by atoms with Gasteiger partial charge < -0.3 is 5.73 Å². The van der Waals surface area contributed by atoms with Crippen LogP contribution in [0.15, 0.2) is 18.6 Å². The lowest BCUT2D eigenvalue weighted by molar-refractivity contribution is 1.06. The first-order valence-corrected chi connectivity index (χ1v) is 3.86. The molecule has 13 heavy (non-hydrogen) atoms. The minimum Gasteiger partial charge on any atom is -0.396 e. The van der Waals surface area contributed by atoms with Crippen LogP contribution in [0, 0.1) is 6.92 Å². The van der Waals surface area contributed by atoms with Crippen LogP contribution in [0.5, 0.6) is 0 Å². The molecular weight excluding hydrogens is 166 g/mol. The summed E-state index contributed by atoms with van der Waals surface area (Å²) < 4.78 is 0. The molecule has 0 aliphatic heterocycles. The van der Waals surface area contributed by atoms with Crippen LogP contribution in [-0.4, -0.2) is 20.2 Å². The lowest BCUT2D eigenvalue weighted by Crippen LogP contribution is -1.94. The average Bonchev–Trinajstić information content (AvgIpc) is 2.52. The van der Waals surface area contributed by atoms with Crippen molar-refractivity contribution >= 4 is 5.69 Å². The van der Waals surface area contributed by atoms with E-state index < -0.39 is 0 Å². The molecule has 0 unspecified atom stereocenters. The summed E-state index contributed by atoms with van der Waals surface area (Å²) in [6.07, 6.45) is 4.83. The Kier molecular flexibility index (Phi) is 1.70. The molecule has 0 amide bonds. The number of aryl methyl sites for hydroxylation is 1. The highest BCUT2D eigenvalue weighted by atomic mass is 15.1. The highest BCUT2D eigenvalue weighted by molar-refractivity contribution is 5.69. The van der Waals surface area contributed by atoms with Gasteiger partial charge in [0.2, 0.25) is 0 Å². The van der Waals surface area contributed by atoms with Crippen molar-refractivity contribution in [3.05, 3.63) is 24.3 Å². The average molecular weight is 175 g/mol. The SMILES string of the molecule is Cc1nccnc1-c1[nH]ncc1N. The van der Waals surface area contributed by atoms with Gasteiger partial charge in [0.1, 0.15) is 11.4 Å². The van der Waals surface area contributed by atoms with Crippen molar-refractivity contribution in [2.75, 3.05) is 5.73 Å². The summed E-state index contributed by atoms with van der Waals surface area (Å²) in [6, 6.07) is 0. The van der Waals surface area contributed by atoms with E-state index in [0.717, 1.165) is 17.1 Å². The molecule has 66 valence electrons. The van der Waals surface area contributed by atoms with E-state index in [-0.39, 0.29) is 0 Å². The maximum atomic E-state index is 5.68. The Morgan fingerprint density at radius 2 is 2.08 bits per heavy atom. The Hall–Kier alpha value is -1.91. The molecule has 0 saturated heterocycles. The van der Waals surface area contributed by atoms with E-state index in [1.54, 1.807) is 18.6 Å². The van der Waals surface area contributed by atoms with Crippen molar-refractivity contribution in [1.82, 2.24) is 20.2 Å². The number of nitrogens with two attached hydrogens (primary N) is 1. The van der Waals surface area contributed by atoms with E-state index in [1.165, 1.54) is 0 Å². The smallest absolute Gasteiger partial charge is 0.111 e. The monoisotopic (exact) mass is 175 g/mol. The Labute approximate surface area is 75.0 Å². The van der Waals surface area contributed by atoms with E-state index in [2.05, 4.69) is 20.2 Å². The highest BCUT2D eigenvalue weighted by Crippen LogP contribution is 2.21. The van der Waals surface area contributed by atoms with Gasteiger partial charge in [-0.2, -0.15) is 5.10 Å². The van der Waals surface area contributed by atoms with Gasteiger partial charge in [-0.05, 0) is 6.92 Å². The second-order valence-electron chi connectivity index (χ2n) is 2.69. The fourth-order valence-corrected chi connectivity index (χ4v) is 1.14. The molecule has 0 fully saturated rings. The molecule has 0 saturated carbocycles. The zero-order valence-corrected chi connectivity index (χ0v) is 7.15. The Morgan fingerprint density at radius 3 is 2.69 bits per heavy atom. The molecule has 0 atom stereocenters. The molecule has 3 N–H and O–H groups in total. The maximum Gasteiger partial charge on any atom is 0.111 e. The van der Waals surface area contributed by atoms with Crippen molar-refractivity contribution in [2.45, 2.75) is 6.92 Å². The van der Waals surface area contributed by atoms with E-state index in [9.17, 15) is 0 Å². The van der Waals surface area contributed by atoms with Crippen molar-refractivity contribution in [2.24, 2.45) is 0 Å². The van der Waals surface area contributed by atoms with Gasteiger partial charge in [-0.15, -0.1) is 0 Å². The first kappa shape index (κ1) is 7.72. The fraction of sp³-hybridized carbons (Fsp3) is 0.125. The van der Waals surface area contributed by atoms with Crippen LogP contribution >= 0.6 is 0 Å². The van der Waals surface area contributed by atoms with Crippen LogP contribution in [0.4, 0.5) is 5.69 Å². The molecular formula is C8H9N5. The van der Waals surface area contributed by atoms with Crippen molar-refractivity contribution in [1.29, 1.82) is 0 Å². The lowest BCUT2D eigenvalue weighted by Gasteiger charge is -2.00. The highest BCUT2D eigenvalue weighted by Gasteiger charge is 2.08. The predicted octanol–water partition coefficient (Wildman–Crippen LogP) is 0.757. The van der Waals surface area contributed by atoms with Crippen LogP contribution in [0.2, 0.25) is 0 Å². The van der Waals surface area contributed by atoms with E-state index >= 15 is 0 Å². The molecule has 0 radical (unpaired) electrons. The first-order valence-electron chi connectivity index (χ1n) is 3.86. The standard InChI is InChI=1S/C8H9N5/c1-5-7(11-3-2-10-5)8-6(9)4-12-13-8/h2-4H,9H2,1H3,(H,12,13). The molecule has 0 bridgehead atoms. The van der Waals surface area contributed by atoms with Gasteiger partial charge >= 0.3 is 0 Å². The number of nitrogens with one attached hydrogen (secondary N) is 1. The quantitative estimate of drug-likeness (QED) is 0.670. The van der Waals surface area contributed by atoms with Gasteiger partial charge in [0.15, 0.2) is 0 Å². The molecule has 2 heterocycles. The van der Waals surface area contributed by atoms with Gasteiger partial charge in [-0.25, -0.2) is 0 Å².